The molecule has 0 N–H and O–H groups in total. The zero-order valence-corrected chi connectivity index (χ0v) is 12.8. The van der Waals surface area contributed by atoms with Gasteiger partial charge in [-0.25, -0.2) is 0 Å². The molecule has 0 saturated heterocycles. The van der Waals surface area contributed by atoms with E-state index in [0.717, 1.165) is 0 Å². The van der Waals surface area contributed by atoms with Gasteiger partial charge in [-0.05, 0) is 11.6 Å². The Bertz CT molecular complexity index is 674. The van der Waals surface area contributed by atoms with Crippen LogP contribution in [-0.2, 0) is 4.79 Å². The van der Waals surface area contributed by atoms with E-state index >= 15 is 0 Å². The maximum absolute atomic E-state index is 12.0. The van der Waals surface area contributed by atoms with Crippen LogP contribution in [0.25, 0.3) is 0 Å². The first kappa shape index (κ1) is 17.8. The number of hydrogen-bond donors (Lipinski definition) is 0. The monoisotopic (exact) mass is 339 g/mol. The first-order chi connectivity index (χ1) is 10.5. The number of nitrogens with zero attached hydrogens (tertiary/aromatic N) is 1. The van der Waals surface area contributed by atoms with E-state index in [4.69, 9.17) is 23.2 Å². The molecule has 2 aromatic carbocycles. The van der Waals surface area contributed by atoms with Crippen molar-refractivity contribution in [2.24, 2.45) is 0 Å². The van der Waals surface area contributed by atoms with Crippen LogP contribution in [0.1, 0.15) is 15.9 Å². The highest BCUT2D eigenvalue weighted by Crippen LogP contribution is 2.16. The second kappa shape index (κ2) is 8.92. The third-order valence-corrected chi connectivity index (χ3v) is 2.97. The number of nitro groups is 1. The minimum atomic E-state index is -0.512. The number of halogens is 2. The molecule has 0 saturated carbocycles. The first-order valence-corrected chi connectivity index (χ1v) is 6.95. The highest BCUT2D eigenvalue weighted by molar-refractivity contribution is 6.67. The summed E-state index contributed by atoms with van der Waals surface area (Å²) in [7, 11) is 0. The van der Waals surface area contributed by atoms with Crippen LogP contribution in [0.4, 0.5) is 5.69 Å². The van der Waals surface area contributed by atoms with Crippen LogP contribution < -0.4 is 0 Å². The van der Waals surface area contributed by atoms with E-state index < -0.39 is 10.2 Å². The predicted octanol–water partition coefficient (Wildman–Crippen LogP) is 3.82. The van der Waals surface area contributed by atoms with E-state index in [-0.39, 0.29) is 17.4 Å². The molecule has 0 aliphatic heterocycles. The Balaban J connectivity index is 0.000000422. The topological polar surface area (TPSA) is 77.3 Å². The molecule has 5 nitrogen and oxygen atoms in total. The summed E-state index contributed by atoms with van der Waals surface area (Å²) < 4.78 is 0. The van der Waals surface area contributed by atoms with Crippen LogP contribution in [0.2, 0.25) is 0 Å². The number of alkyl halides is 1. The van der Waals surface area contributed by atoms with Gasteiger partial charge in [0.15, 0.2) is 5.78 Å². The summed E-state index contributed by atoms with van der Waals surface area (Å²) in [5, 5.41) is 10.1. The third kappa shape index (κ3) is 5.63. The molecule has 0 fully saturated rings. The molecule has 0 atom stereocenters. The van der Waals surface area contributed by atoms with Crippen molar-refractivity contribution in [1.29, 1.82) is 0 Å². The number of rotatable bonds is 4. The summed E-state index contributed by atoms with van der Waals surface area (Å²) in [5.74, 6) is -0.309. The van der Waals surface area contributed by atoms with Gasteiger partial charge in [0.25, 0.3) is 5.69 Å². The third-order valence-electron chi connectivity index (χ3n) is 2.46. The van der Waals surface area contributed by atoms with E-state index in [1.54, 1.807) is 30.3 Å². The molecule has 0 aliphatic rings. The number of nitro benzene ring substituents is 1. The van der Waals surface area contributed by atoms with Crippen molar-refractivity contribution in [2.45, 2.75) is 0 Å². The highest BCUT2D eigenvalue weighted by Gasteiger charge is 2.12. The molecular formula is C15H11Cl2NO4. The molecule has 0 radical (unpaired) electrons. The molecule has 0 bridgehead atoms. The Morgan fingerprint density at radius 3 is 2.05 bits per heavy atom. The maximum Gasteiger partial charge on any atom is 0.270 e. The molecule has 0 aromatic heterocycles. The minimum absolute atomic E-state index is 0.0771. The standard InChI is InChI=1S/C13H9NO3.C2H2Cl2O/c15-13(10-5-2-1-3-6-10)11-7-4-8-12(9-11)14(16)17;3-1-2(4)5/h1-9H;1H2. The summed E-state index contributed by atoms with van der Waals surface area (Å²) >= 11 is 9.55. The normalized spacial score (nSPS) is 9.36. The average molecular weight is 340 g/mol. The second-order valence-electron chi connectivity index (χ2n) is 3.99. The summed E-state index contributed by atoms with van der Waals surface area (Å²) in [6, 6.07) is 14.4. The van der Waals surface area contributed by atoms with E-state index in [9.17, 15) is 19.7 Å². The van der Waals surface area contributed by atoms with Gasteiger partial charge in [0.05, 0.1) is 10.8 Å². The fraction of sp³-hybridized carbons (Fsp3) is 0.0667. The van der Waals surface area contributed by atoms with Crippen molar-refractivity contribution in [3.8, 4) is 0 Å². The zero-order valence-electron chi connectivity index (χ0n) is 11.2. The lowest BCUT2D eigenvalue weighted by atomic mass is 10.0. The number of hydrogen-bond acceptors (Lipinski definition) is 4. The summed E-state index contributed by atoms with van der Waals surface area (Å²) in [6.07, 6.45) is 0. The SMILES string of the molecule is O=C(Cl)CCl.O=C(c1ccccc1)c1cccc([N+](=O)[O-])c1. The van der Waals surface area contributed by atoms with Crippen molar-refractivity contribution in [3.63, 3.8) is 0 Å². The molecule has 0 unspecified atom stereocenters. The summed E-state index contributed by atoms with van der Waals surface area (Å²) in [4.78, 5) is 31.5. The lowest BCUT2D eigenvalue weighted by Gasteiger charge is -2.00. The first-order valence-electron chi connectivity index (χ1n) is 6.04. The molecule has 0 spiro atoms. The van der Waals surface area contributed by atoms with Gasteiger partial charge in [-0.2, -0.15) is 0 Å². The fourth-order valence-corrected chi connectivity index (χ4v) is 1.52. The molecule has 0 aliphatic carbocycles. The maximum atomic E-state index is 12.0. The Labute approximate surface area is 136 Å². The lowest BCUT2D eigenvalue weighted by molar-refractivity contribution is -0.384. The number of ketones is 1. The number of carbonyl (C=O) groups excluding carboxylic acids is 2. The zero-order chi connectivity index (χ0) is 16.5. The van der Waals surface area contributed by atoms with Crippen LogP contribution in [0.15, 0.2) is 54.6 Å². The van der Waals surface area contributed by atoms with Crippen molar-refractivity contribution in [1.82, 2.24) is 0 Å². The summed E-state index contributed by atoms with van der Waals surface area (Å²) in [6.45, 7) is 0. The molecule has 0 heterocycles. The van der Waals surface area contributed by atoms with Crippen molar-refractivity contribution in [2.75, 3.05) is 5.88 Å². The van der Waals surface area contributed by atoms with E-state index in [2.05, 4.69) is 0 Å². The van der Waals surface area contributed by atoms with Crippen LogP contribution in [-0.4, -0.2) is 21.8 Å². The smallest absolute Gasteiger partial charge is 0.270 e. The molecule has 2 rings (SSSR count). The van der Waals surface area contributed by atoms with E-state index in [1.807, 2.05) is 6.07 Å². The minimum Gasteiger partial charge on any atom is -0.289 e. The van der Waals surface area contributed by atoms with Gasteiger partial charge in [0.2, 0.25) is 5.24 Å². The van der Waals surface area contributed by atoms with Crippen LogP contribution >= 0.6 is 23.2 Å². The summed E-state index contributed by atoms with van der Waals surface area (Å²) in [5.41, 5.74) is 0.769. The largest absolute Gasteiger partial charge is 0.289 e. The van der Waals surface area contributed by atoms with Gasteiger partial charge in [0.1, 0.15) is 0 Å². The van der Waals surface area contributed by atoms with Crippen LogP contribution in [0.3, 0.4) is 0 Å². The van der Waals surface area contributed by atoms with E-state index in [1.165, 1.54) is 18.2 Å². The van der Waals surface area contributed by atoms with Crippen molar-refractivity contribution in [3.05, 3.63) is 75.8 Å². The number of benzene rings is 2. The molecule has 114 valence electrons. The molecule has 0 amide bonds. The molecule has 22 heavy (non-hydrogen) atoms. The van der Waals surface area contributed by atoms with Crippen LogP contribution in [0.5, 0.6) is 0 Å². The van der Waals surface area contributed by atoms with Gasteiger partial charge in [-0.15, -0.1) is 11.6 Å². The fourth-order valence-electron chi connectivity index (χ4n) is 1.52. The van der Waals surface area contributed by atoms with Gasteiger partial charge in [0, 0.05) is 23.3 Å². The van der Waals surface area contributed by atoms with Gasteiger partial charge in [-0.3, -0.25) is 19.7 Å². The lowest BCUT2D eigenvalue weighted by Crippen LogP contribution is -2.01. The molecular weight excluding hydrogens is 329 g/mol. The Morgan fingerprint density at radius 2 is 1.55 bits per heavy atom. The number of non-ortho nitro benzene ring substituents is 1. The van der Waals surface area contributed by atoms with Crippen LogP contribution in [0, 0.1) is 10.1 Å². The Kier molecular flexibility index (Phi) is 7.22. The molecule has 2 aromatic rings. The average Bonchev–Trinajstić information content (AvgIpc) is 2.55. The van der Waals surface area contributed by atoms with Crippen molar-refractivity contribution < 1.29 is 14.5 Å². The van der Waals surface area contributed by atoms with Gasteiger partial charge < -0.3 is 0 Å². The second-order valence-corrected chi connectivity index (χ2v) is 4.68. The van der Waals surface area contributed by atoms with Gasteiger partial charge >= 0.3 is 0 Å². The van der Waals surface area contributed by atoms with Crippen molar-refractivity contribution >= 4 is 39.9 Å². The Morgan fingerprint density at radius 1 is 1.00 bits per heavy atom. The molecule has 7 heteroatoms. The predicted molar refractivity (Wildman–Crippen MR) is 84.6 cm³/mol. The highest BCUT2D eigenvalue weighted by atomic mass is 35.5. The van der Waals surface area contributed by atoms with E-state index in [0.29, 0.717) is 11.1 Å². The Hall–Kier alpha value is -2.24. The quantitative estimate of drug-likeness (QED) is 0.279. The number of carbonyl (C=O) groups is 2. The van der Waals surface area contributed by atoms with Gasteiger partial charge in [-0.1, -0.05) is 42.5 Å².